The summed E-state index contributed by atoms with van der Waals surface area (Å²) < 4.78 is 13.0. The minimum atomic E-state index is -0.529. The number of hydrogen-bond donors (Lipinski definition) is 0. The van der Waals surface area contributed by atoms with Crippen molar-refractivity contribution >= 4 is 5.91 Å². The van der Waals surface area contributed by atoms with Crippen molar-refractivity contribution in [1.82, 2.24) is 10.2 Å². The van der Waals surface area contributed by atoms with Crippen LogP contribution in [0.25, 0.3) is 0 Å². The van der Waals surface area contributed by atoms with Gasteiger partial charge in [0.15, 0.2) is 0 Å². The summed E-state index contributed by atoms with van der Waals surface area (Å²) >= 11 is 0. The van der Waals surface area contributed by atoms with Gasteiger partial charge in [0.1, 0.15) is 5.82 Å². The van der Waals surface area contributed by atoms with E-state index in [9.17, 15) is 9.18 Å². The first-order valence-electron chi connectivity index (χ1n) is 6.17. The molecular formula is C14H18FN2O. The zero-order chi connectivity index (χ0) is 13.2. The first-order valence-corrected chi connectivity index (χ1v) is 6.17. The molecule has 0 atom stereocenters. The lowest BCUT2D eigenvalue weighted by atomic mass is 9.72. The summed E-state index contributed by atoms with van der Waals surface area (Å²) in [5.41, 5.74) is 0.372. The number of amides is 1. The summed E-state index contributed by atoms with van der Waals surface area (Å²) in [7, 11) is 3.53. The van der Waals surface area contributed by atoms with Gasteiger partial charge in [-0.2, -0.15) is 0 Å². The molecule has 0 N–H and O–H groups in total. The van der Waals surface area contributed by atoms with Crippen LogP contribution in [0.5, 0.6) is 0 Å². The number of piperidine rings is 1. The van der Waals surface area contributed by atoms with E-state index in [-0.39, 0.29) is 11.7 Å². The third kappa shape index (κ3) is 2.25. The van der Waals surface area contributed by atoms with E-state index in [1.54, 1.807) is 31.1 Å². The first kappa shape index (κ1) is 13.0. The average Bonchev–Trinajstić information content (AvgIpc) is 2.39. The van der Waals surface area contributed by atoms with Gasteiger partial charge in [-0.15, -0.1) is 0 Å². The van der Waals surface area contributed by atoms with Crippen molar-refractivity contribution in [2.75, 3.05) is 27.2 Å². The Labute approximate surface area is 107 Å². The molecule has 4 heteroatoms. The molecule has 1 aromatic carbocycles. The van der Waals surface area contributed by atoms with Gasteiger partial charge in [-0.3, -0.25) is 4.79 Å². The second-order valence-electron chi connectivity index (χ2n) is 4.96. The molecule has 18 heavy (non-hydrogen) atoms. The Kier molecular flexibility index (Phi) is 3.66. The number of rotatable bonds is 2. The Morgan fingerprint density at radius 3 is 2.28 bits per heavy atom. The number of carbonyl (C=O) groups is 1. The number of likely N-dealkylation sites (N-methyl/N-ethyl adjacent to an activating group) is 1. The average molecular weight is 249 g/mol. The highest BCUT2D eigenvalue weighted by atomic mass is 19.1. The molecule has 1 aromatic rings. The van der Waals surface area contributed by atoms with Crippen molar-refractivity contribution in [3.8, 4) is 0 Å². The van der Waals surface area contributed by atoms with E-state index in [4.69, 9.17) is 0 Å². The molecule has 1 heterocycles. The molecule has 1 amide bonds. The highest BCUT2D eigenvalue weighted by Crippen LogP contribution is 2.35. The Morgan fingerprint density at radius 2 is 1.78 bits per heavy atom. The van der Waals surface area contributed by atoms with Crippen LogP contribution in [0.15, 0.2) is 24.3 Å². The number of carbonyl (C=O) groups excluding carboxylic acids is 1. The monoisotopic (exact) mass is 249 g/mol. The van der Waals surface area contributed by atoms with Crippen LogP contribution in [0, 0.1) is 5.82 Å². The highest BCUT2D eigenvalue weighted by Gasteiger charge is 2.42. The third-order valence-corrected chi connectivity index (χ3v) is 3.61. The molecule has 1 saturated heterocycles. The second-order valence-corrected chi connectivity index (χ2v) is 4.96. The van der Waals surface area contributed by atoms with Crippen molar-refractivity contribution in [1.29, 1.82) is 0 Å². The summed E-state index contributed by atoms with van der Waals surface area (Å²) in [6.45, 7) is 1.38. The maximum absolute atomic E-state index is 13.0. The molecule has 0 aliphatic carbocycles. The Balaban J connectivity index is 2.41. The van der Waals surface area contributed by atoms with Gasteiger partial charge < -0.3 is 4.90 Å². The van der Waals surface area contributed by atoms with Gasteiger partial charge in [-0.1, -0.05) is 12.1 Å². The van der Waals surface area contributed by atoms with Crippen LogP contribution in [0.4, 0.5) is 4.39 Å². The first-order chi connectivity index (χ1) is 8.56. The zero-order valence-electron chi connectivity index (χ0n) is 10.8. The van der Waals surface area contributed by atoms with E-state index in [0.717, 1.165) is 5.56 Å². The molecule has 3 nitrogen and oxygen atoms in total. The topological polar surface area (TPSA) is 34.4 Å². The molecule has 0 saturated carbocycles. The largest absolute Gasteiger partial charge is 0.348 e. The molecule has 1 radical (unpaired) electrons. The number of hydrogen-bond acceptors (Lipinski definition) is 1. The van der Waals surface area contributed by atoms with E-state index in [1.165, 1.54) is 12.1 Å². The van der Waals surface area contributed by atoms with Crippen molar-refractivity contribution in [2.45, 2.75) is 18.3 Å². The zero-order valence-corrected chi connectivity index (χ0v) is 10.8. The molecule has 1 aliphatic rings. The van der Waals surface area contributed by atoms with Crippen LogP contribution >= 0.6 is 0 Å². The Bertz CT molecular complexity index is 422. The smallest absolute Gasteiger partial charge is 0.232 e. The molecule has 0 aromatic heterocycles. The van der Waals surface area contributed by atoms with Crippen molar-refractivity contribution in [3.63, 3.8) is 0 Å². The van der Waals surface area contributed by atoms with Gasteiger partial charge in [0.05, 0.1) is 5.41 Å². The summed E-state index contributed by atoms with van der Waals surface area (Å²) in [5.74, 6) is -0.185. The molecule has 0 unspecified atom stereocenters. The van der Waals surface area contributed by atoms with E-state index < -0.39 is 5.41 Å². The predicted molar refractivity (Wildman–Crippen MR) is 67.9 cm³/mol. The lowest BCUT2D eigenvalue weighted by Crippen LogP contribution is -2.48. The van der Waals surface area contributed by atoms with Crippen LogP contribution in [0.3, 0.4) is 0 Å². The van der Waals surface area contributed by atoms with Crippen LogP contribution in [0.1, 0.15) is 18.4 Å². The molecule has 0 bridgehead atoms. The minimum Gasteiger partial charge on any atom is -0.348 e. The van der Waals surface area contributed by atoms with Crippen LogP contribution in [0.2, 0.25) is 0 Å². The second kappa shape index (κ2) is 5.06. The Hall–Kier alpha value is -1.42. The van der Waals surface area contributed by atoms with Gasteiger partial charge >= 0.3 is 0 Å². The van der Waals surface area contributed by atoms with Crippen molar-refractivity contribution < 1.29 is 9.18 Å². The normalized spacial score (nSPS) is 18.4. The lowest BCUT2D eigenvalue weighted by Gasteiger charge is -2.38. The number of halogens is 1. The standard InChI is InChI=1S/C14H18FN2O/c1-17(2)13(18)14(7-9-16-10-8-14)11-3-5-12(15)6-4-11/h3-6H,7-10H2,1-2H3. The van der Waals surface area contributed by atoms with Crippen LogP contribution in [-0.4, -0.2) is 38.0 Å². The maximum Gasteiger partial charge on any atom is 0.232 e. The fourth-order valence-corrected chi connectivity index (χ4v) is 2.60. The Morgan fingerprint density at radius 1 is 1.22 bits per heavy atom. The predicted octanol–water partition coefficient (Wildman–Crippen LogP) is 1.55. The van der Waals surface area contributed by atoms with E-state index in [2.05, 4.69) is 5.32 Å². The molecular weight excluding hydrogens is 231 g/mol. The summed E-state index contributed by atoms with van der Waals surface area (Å²) in [6.07, 6.45) is 1.41. The maximum atomic E-state index is 13.0. The van der Waals surface area contributed by atoms with Gasteiger partial charge in [-0.25, -0.2) is 9.71 Å². The third-order valence-electron chi connectivity index (χ3n) is 3.61. The molecule has 1 fully saturated rings. The van der Waals surface area contributed by atoms with Gasteiger partial charge in [0.25, 0.3) is 0 Å². The van der Waals surface area contributed by atoms with E-state index in [1.807, 2.05) is 0 Å². The van der Waals surface area contributed by atoms with Crippen LogP contribution in [-0.2, 0) is 10.2 Å². The van der Waals surface area contributed by atoms with Crippen LogP contribution < -0.4 is 5.32 Å². The summed E-state index contributed by atoms with van der Waals surface area (Å²) in [4.78, 5) is 14.1. The van der Waals surface area contributed by atoms with Gasteiger partial charge in [0.2, 0.25) is 5.91 Å². The lowest BCUT2D eigenvalue weighted by molar-refractivity contribution is -0.136. The number of benzene rings is 1. The minimum absolute atomic E-state index is 0.0870. The molecule has 0 spiro atoms. The molecule has 97 valence electrons. The van der Waals surface area contributed by atoms with Crippen molar-refractivity contribution in [2.24, 2.45) is 0 Å². The highest BCUT2D eigenvalue weighted by molar-refractivity contribution is 5.88. The van der Waals surface area contributed by atoms with Gasteiger partial charge in [-0.05, 0) is 30.5 Å². The van der Waals surface area contributed by atoms with Crippen molar-refractivity contribution in [3.05, 3.63) is 35.6 Å². The fourth-order valence-electron chi connectivity index (χ4n) is 2.60. The fraction of sp³-hybridized carbons (Fsp3) is 0.500. The van der Waals surface area contributed by atoms with E-state index >= 15 is 0 Å². The molecule has 2 rings (SSSR count). The number of nitrogens with zero attached hydrogens (tertiary/aromatic N) is 2. The summed E-state index contributed by atoms with van der Waals surface area (Å²) in [5, 5.41) is 4.31. The van der Waals surface area contributed by atoms with E-state index in [0.29, 0.717) is 25.9 Å². The quantitative estimate of drug-likeness (QED) is 0.783. The SMILES string of the molecule is CN(C)C(=O)C1(c2ccc(F)cc2)CC[N]CC1. The molecule has 1 aliphatic heterocycles. The van der Waals surface area contributed by atoms with Gasteiger partial charge in [0, 0.05) is 27.2 Å². The summed E-state index contributed by atoms with van der Waals surface area (Å²) in [6, 6.07) is 6.29.